The van der Waals surface area contributed by atoms with Crippen LogP contribution in [0.4, 0.5) is 0 Å². The second-order valence-corrected chi connectivity index (χ2v) is 2.88. The summed E-state index contributed by atoms with van der Waals surface area (Å²) in [4.78, 5) is 31.2. The molecule has 0 radical (unpaired) electrons. The molecule has 0 aliphatic carbocycles. The maximum atomic E-state index is 10.8. The normalized spacial score (nSPS) is 10.3. The average Bonchev–Trinajstić information content (AvgIpc) is 2.14. The van der Waals surface area contributed by atoms with Crippen molar-refractivity contribution in [1.29, 1.82) is 0 Å². The van der Waals surface area contributed by atoms with Crippen LogP contribution in [0.15, 0.2) is 12.2 Å². The average molecular weight is 217 g/mol. The van der Waals surface area contributed by atoms with Crippen molar-refractivity contribution in [3.8, 4) is 0 Å². The molecule has 2 N–H and O–H groups in total. The standard InChI is InChI=1S/C7H8NO5P/c9-5(1-2-6(10)11)8-4-3-7(12)14-13/h1-2H,3-4H2,(H,8,9)(H,10,11)/b2-1+. The summed E-state index contributed by atoms with van der Waals surface area (Å²) in [7, 11) is -0.589. The van der Waals surface area contributed by atoms with E-state index >= 15 is 0 Å². The molecule has 0 aliphatic rings. The third-order valence-corrected chi connectivity index (χ3v) is 1.54. The predicted molar refractivity (Wildman–Crippen MR) is 47.0 cm³/mol. The molecule has 0 atom stereocenters. The van der Waals surface area contributed by atoms with Crippen LogP contribution in [0.1, 0.15) is 6.42 Å². The molecule has 0 saturated carbocycles. The SMILES string of the molecule is O=PC(=O)CCNC(=O)/C=C/C(=O)O. The Labute approximate surface area is 81.2 Å². The first-order valence-corrected chi connectivity index (χ1v) is 4.42. The summed E-state index contributed by atoms with van der Waals surface area (Å²) in [6.07, 6.45) is 1.47. The Morgan fingerprint density at radius 3 is 2.43 bits per heavy atom. The smallest absolute Gasteiger partial charge is 0.328 e. The summed E-state index contributed by atoms with van der Waals surface area (Å²) in [5.41, 5.74) is -0.521. The zero-order chi connectivity index (χ0) is 11.0. The Kier molecular flexibility index (Phi) is 6.15. The monoisotopic (exact) mass is 217 g/mol. The van der Waals surface area contributed by atoms with Crippen molar-refractivity contribution in [2.45, 2.75) is 6.42 Å². The summed E-state index contributed by atoms with van der Waals surface area (Å²) < 4.78 is 9.94. The summed E-state index contributed by atoms with van der Waals surface area (Å²) in [5.74, 6) is -1.84. The van der Waals surface area contributed by atoms with Gasteiger partial charge in [-0.25, -0.2) is 4.79 Å². The van der Waals surface area contributed by atoms with Gasteiger partial charge in [0.15, 0.2) is 0 Å². The van der Waals surface area contributed by atoms with Crippen molar-refractivity contribution < 1.29 is 24.1 Å². The van der Waals surface area contributed by atoms with E-state index in [1.807, 2.05) is 0 Å². The lowest BCUT2D eigenvalue weighted by Gasteiger charge is -1.96. The maximum absolute atomic E-state index is 10.8. The number of aliphatic carboxylic acids is 1. The molecule has 0 fully saturated rings. The third-order valence-electron chi connectivity index (χ3n) is 1.12. The molecule has 0 aliphatic heterocycles. The van der Waals surface area contributed by atoms with Crippen LogP contribution in [0, 0.1) is 0 Å². The summed E-state index contributed by atoms with van der Waals surface area (Å²) in [6.45, 7) is 0.0386. The number of amides is 1. The first-order valence-electron chi connectivity index (χ1n) is 3.61. The molecule has 76 valence electrons. The predicted octanol–water partition coefficient (Wildman–Crippen LogP) is -0.0482. The minimum absolute atomic E-state index is 0.0386. The van der Waals surface area contributed by atoms with Gasteiger partial charge in [0.25, 0.3) is 0 Å². The summed E-state index contributed by atoms with van der Waals surface area (Å²) in [6, 6.07) is 0. The van der Waals surface area contributed by atoms with Gasteiger partial charge in [0, 0.05) is 25.1 Å². The Balaban J connectivity index is 3.70. The van der Waals surface area contributed by atoms with E-state index in [-0.39, 0.29) is 13.0 Å². The van der Waals surface area contributed by atoms with E-state index in [1.165, 1.54) is 0 Å². The van der Waals surface area contributed by atoms with Crippen LogP contribution >= 0.6 is 8.46 Å². The molecule has 0 aromatic rings. The van der Waals surface area contributed by atoms with Gasteiger partial charge in [-0.3, -0.25) is 14.2 Å². The molecule has 0 spiro atoms. The Morgan fingerprint density at radius 1 is 1.29 bits per heavy atom. The van der Waals surface area contributed by atoms with Crippen molar-refractivity contribution in [2.24, 2.45) is 0 Å². The van der Waals surface area contributed by atoms with Gasteiger partial charge in [-0.05, 0) is 0 Å². The van der Waals surface area contributed by atoms with E-state index < -0.39 is 25.9 Å². The molecule has 0 saturated heterocycles. The molecular formula is C7H8NO5P. The highest BCUT2D eigenvalue weighted by atomic mass is 31.1. The Morgan fingerprint density at radius 2 is 1.93 bits per heavy atom. The quantitative estimate of drug-likeness (QED) is 0.480. The van der Waals surface area contributed by atoms with Gasteiger partial charge in [-0.2, -0.15) is 0 Å². The number of carboxylic acid groups (broad SMARTS) is 1. The van der Waals surface area contributed by atoms with Gasteiger partial charge in [0.05, 0.1) is 0 Å². The minimum Gasteiger partial charge on any atom is -0.478 e. The van der Waals surface area contributed by atoms with Gasteiger partial charge >= 0.3 is 5.97 Å². The lowest BCUT2D eigenvalue weighted by atomic mass is 10.4. The first kappa shape index (κ1) is 12.4. The van der Waals surface area contributed by atoms with E-state index in [0.717, 1.165) is 6.08 Å². The molecule has 0 rings (SSSR count). The zero-order valence-corrected chi connectivity index (χ0v) is 7.99. The lowest BCUT2D eigenvalue weighted by Crippen LogP contribution is -2.23. The molecule has 0 heterocycles. The highest BCUT2D eigenvalue weighted by molar-refractivity contribution is 7.46. The number of carbonyl (C=O) groups is 3. The van der Waals surface area contributed by atoms with Crippen LogP contribution < -0.4 is 5.32 Å². The van der Waals surface area contributed by atoms with Crippen LogP contribution in [0.2, 0.25) is 0 Å². The molecule has 7 heteroatoms. The van der Waals surface area contributed by atoms with E-state index in [1.54, 1.807) is 0 Å². The van der Waals surface area contributed by atoms with E-state index in [0.29, 0.717) is 6.08 Å². The van der Waals surface area contributed by atoms with Crippen molar-refractivity contribution >= 4 is 25.9 Å². The summed E-state index contributed by atoms with van der Waals surface area (Å²) in [5, 5.41) is 10.4. The largest absolute Gasteiger partial charge is 0.478 e. The van der Waals surface area contributed by atoms with Crippen molar-refractivity contribution in [2.75, 3.05) is 6.54 Å². The highest BCUT2D eigenvalue weighted by Gasteiger charge is 2.01. The van der Waals surface area contributed by atoms with Crippen LogP contribution in [0.5, 0.6) is 0 Å². The fourth-order valence-electron chi connectivity index (χ4n) is 0.544. The van der Waals surface area contributed by atoms with Gasteiger partial charge in [0.2, 0.25) is 19.9 Å². The van der Waals surface area contributed by atoms with E-state index in [2.05, 4.69) is 5.32 Å². The molecule has 1 amide bonds. The number of carbonyl (C=O) groups excluding carboxylic acids is 2. The number of hydrogen-bond donors (Lipinski definition) is 2. The van der Waals surface area contributed by atoms with Gasteiger partial charge in [-0.1, -0.05) is 0 Å². The van der Waals surface area contributed by atoms with Gasteiger partial charge < -0.3 is 10.4 Å². The van der Waals surface area contributed by atoms with E-state index in [9.17, 15) is 18.9 Å². The Bertz CT molecular complexity index is 286. The molecule has 0 aromatic heterocycles. The van der Waals surface area contributed by atoms with Crippen LogP contribution in [0.25, 0.3) is 0 Å². The number of nitrogens with one attached hydrogen (secondary N) is 1. The third kappa shape index (κ3) is 7.12. The van der Waals surface area contributed by atoms with E-state index in [4.69, 9.17) is 5.11 Å². The second kappa shape index (κ2) is 6.91. The van der Waals surface area contributed by atoms with Crippen molar-refractivity contribution in [3.05, 3.63) is 12.2 Å². The van der Waals surface area contributed by atoms with Crippen LogP contribution in [-0.2, 0) is 18.9 Å². The first-order chi connectivity index (χ1) is 6.56. The molecule has 0 unspecified atom stereocenters. The number of hydrogen-bond acceptors (Lipinski definition) is 4. The van der Waals surface area contributed by atoms with Crippen molar-refractivity contribution in [3.63, 3.8) is 0 Å². The van der Waals surface area contributed by atoms with Crippen LogP contribution in [0.3, 0.4) is 0 Å². The minimum atomic E-state index is -1.23. The lowest BCUT2D eigenvalue weighted by molar-refractivity contribution is -0.131. The second-order valence-electron chi connectivity index (χ2n) is 2.20. The molecule has 0 bridgehead atoms. The molecule has 0 aromatic carbocycles. The fraction of sp³-hybridized carbons (Fsp3) is 0.286. The number of rotatable bonds is 6. The number of carboxylic acids is 1. The summed E-state index contributed by atoms with van der Waals surface area (Å²) >= 11 is 0. The molecule has 14 heavy (non-hydrogen) atoms. The highest BCUT2D eigenvalue weighted by Crippen LogP contribution is 1.96. The topological polar surface area (TPSA) is 101 Å². The zero-order valence-electron chi connectivity index (χ0n) is 7.10. The maximum Gasteiger partial charge on any atom is 0.328 e. The Hall–Kier alpha value is -1.55. The molecule has 6 nitrogen and oxygen atoms in total. The fourth-order valence-corrected chi connectivity index (χ4v) is 0.747. The van der Waals surface area contributed by atoms with Crippen LogP contribution in [-0.4, -0.2) is 29.1 Å². The molecular weight excluding hydrogens is 209 g/mol. The van der Waals surface area contributed by atoms with Gasteiger partial charge in [-0.15, -0.1) is 0 Å². The van der Waals surface area contributed by atoms with Crippen molar-refractivity contribution in [1.82, 2.24) is 5.32 Å². The van der Waals surface area contributed by atoms with Gasteiger partial charge in [0.1, 0.15) is 0 Å².